The molecule has 6 heteroatoms. The molecule has 0 radical (unpaired) electrons. The minimum atomic E-state index is -4.32. The summed E-state index contributed by atoms with van der Waals surface area (Å²) >= 11 is 1.00. The van der Waals surface area contributed by atoms with Gasteiger partial charge in [0.05, 0.1) is 0 Å². The van der Waals surface area contributed by atoms with Crippen LogP contribution in [0.3, 0.4) is 0 Å². The van der Waals surface area contributed by atoms with Crippen molar-refractivity contribution in [3.63, 3.8) is 0 Å². The van der Waals surface area contributed by atoms with Gasteiger partial charge in [0.2, 0.25) is 0 Å². The van der Waals surface area contributed by atoms with Gasteiger partial charge in [-0.1, -0.05) is 0 Å². The highest BCUT2D eigenvalue weighted by atomic mass is 32.1. The first-order valence-electron chi connectivity index (χ1n) is 4.32. The number of anilines is 1. The van der Waals surface area contributed by atoms with Gasteiger partial charge in [0.15, 0.2) is 10.8 Å². The lowest BCUT2D eigenvalue weighted by Gasteiger charge is -2.01. The lowest BCUT2D eigenvalue weighted by molar-refractivity contribution is -0.140. The molecule has 0 amide bonds. The van der Waals surface area contributed by atoms with Crippen LogP contribution in [0.4, 0.5) is 18.3 Å². The first-order chi connectivity index (χ1) is 6.55. The maximum absolute atomic E-state index is 12.1. The second-order valence-electron chi connectivity index (χ2n) is 3.36. The van der Waals surface area contributed by atoms with E-state index in [1.807, 2.05) is 0 Å². The number of hydrogen-bond acceptors (Lipinski definition) is 3. The molecule has 0 bridgehead atoms. The molecule has 2 rings (SSSR count). The summed E-state index contributed by atoms with van der Waals surface area (Å²) < 4.78 is 36.4. The average molecular weight is 222 g/mol. The highest BCUT2D eigenvalue weighted by Gasteiger charge is 2.33. The third-order valence-electron chi connectivity index (χ3n) is 2.03. The normalized spacial score (nSPS) is 17.1. The molecule has 2 nitrogen and oxygen atoms in total. The van der Waals surface area contributed by atoms with Crippen LogP contribution in [0, 0.1) is 5.92 Å². The Morgan fingerprint density at radius 3 is 2.71 bits per heavy atom. The van der Waals surface area contributed by atoms with Gasteiger partial charge in [0.1, 0.15) is 0 Å². The van der Waals surface area contributed by atoms with E-state index < -0.39 is 11.9 Å². The van der Waals surface area contributed by atoms with E-state index in [1.165, 1.54) is 12.8 Å². The number of alkyl halides is 3. The Labute approximate surface area is 83.2 Å². The van der Waals surface area contributed by atoms with E-state index in [9.17, 15) is 13.2 Å². The van der Waals surface area contributed by atoms with E-state index in [-0.39, 0.29) is 0 Å². The van der Waals surface area contributed by atoms with Gasteiger partial charge in [-0.2, -0.15) is 13.2 Å². The zero-order chi connectivity index (χ0) is 10.2. The first-order valence-corrected chi connectivity index (χ1v) is 5.20. The molecule has 1 aromatic rings. The van der Waals surface area contributed by atoms with Gasteiger partial charge in [0.25, 0.3) is 0 Å². The van der Waals surface area contributed by atoms with Crippen LogP contribution in [0.1, 0.15) is 18.5 Å². The van der Waals surface area contributed by atoms with Crippen molar-refractivity contribution < 1.29 is 13.2 Å². The fourth-order valence-corrected chi connectivity index (χ4v) is 1.77. The van der Waals surface area contributed by atoms with Crippen molar-refractivity contribution in [3.05, 3.63) is 11.1 Å². The monoisotopic (exact) mass is 222 g/mol. The summed E-state index contributed by atoms with van der Waals surface area (Å²) in [6.45, 7) is 0.741. The van der Waals surface area contributed by atoms with Gasteiger partial charge >= 0.3 is 6.18 Å². The van der Waals surface area contributed by atoms with Crippen LogP contribution in [-0.2, 0) is 6.18 Å². The summed E-state index contributed by atoms with van der Waals surface area (Å²) in [4.78, 5) is 3.46. The van der Waals surface area contributed by atoms with E-state index >= 15 is 0 Å². The van der Waals surface area contributed by atoms with Crippen molar-refractivity contribution in [2.45, 2.75) is 19.0 Å². The van der Waals surface area contributed by atoms with Crippen LogP contribution >= 0.6 is 11.3 Å². The van der Waals surface area contributed by atoms with Crippen molar-refractivity contribution in [2.75, 3.05) is 11.9 Å². The molecule has 14 heavy (non-hydrogen) atoms. The van der Waals surface area contributed by atoms with Crippen molar-refractivity contribution in [1.82, 2.24) is 4.98 Å². The molecular weight excluding hydrogens is 213 g/mol. The van der Waals surface area contributed by atoms with Gasteiger partial charge in [-0.3, -0.25) is 0 Å². The molecule has 1 N–H and O–H groups in total. The molecule has 78 valence electrons. The van der Waals surface area contributed by atoms with E-state index in [0.717, 1.165) is 23.3 Å². The Hall–Kier alpha value is -0.780. The molecule has 1 heterocycles. The van der Waals surface area contributed by atoms with Crippen molar-refractivity contribution in [1.29, 1.82) is 0 Å². The van der Waals surface area contributed by atoms with Crippen LogP contribution in [0.2, 0.25) is 0 Å². The highest BCUT2D eigenvalue weighted by molar-refractivity contribution is 7.13. The maximum atomic E-state index is 12.1. The number of nitrogens with one attached hydrogen (secondary N) is 1. The predicted octanol–water partition coefficient (Wildman–Crippen LogP) is 2.98. The summed E-state index contributed by atoms with van der Waals surface area (Å²) in [5.41, 5.74) is -0.805. The third kappa shape index (κ3) is 2.37. The minimum absolute atomic E-state index is 0.365. The van der Waals surface area contributed by atoms with E-state index in [0.29, 0.717) is 11.0 Å². The predicted molar refractivity (Wildman–Crippen MR) is 48.3 cm³/mol. The molecule has 1 fully saturated rings. The lowest BCUT2D eigenvalue weighted by Crippen LogP contribution is -2.07. The number of aromatic nitrogens is 1. The van der Waals surface area contributed by atoms with Crippen LogP contribution in [-0.4, -0.2) is 11.5 Å². The summed E-state index contributed by atoms with van der Waals surface area (Å²) in [5, 5.41) is 4.31. The summed E-state index contributed by atoms with van der Waals surface area (Å²) in [6, 6.07) is 0. The second kappa shape index (κ2) is 3.42. The van der Waals surface area contributed by atoms with Gasteiger partial charge in [-0.25, -0.2) is 4.98 Å². The molecule has 0 aliphatic heterocycles. The maximum Gasteiger partial charge on any atom is 0.434 e. The SMILES string of the molecule is FC(F)(F)c1csc(NCC2CC2)n1. The van der Waals surface area contributed by atoms with Crippen molar-refractivity contribution >= 4 is 16.5 Å². The summed E-state index contributed by atoms with van der Waals surface area (Å²) in [5.74, 6) is 0.633. The molecule has 1 aliphatic rings. The lowest BCUT2D eigenvalue weighted by atomic mass is 10.4. The number of thiazole rings is 1. The molecule has 0 spiro atoms. The molecule has 0 unspecified atom stereocenters. The minimum Gasteiger partial charge on any atom is -0.361 e. The topological polar surface area (TPSA) is 24.9 Å². The number of nitrogens with zero attached hydrogens (tertiary/aromatic N) is 1. The standard InChI is InChI=1S/C8H9F3N2S/c9-8(10,11)6-4-14-7(13-6)12-3-5-1-2-5/h4-5H,1-3H2,(H,12,13). The van der Waals surface area contributed by atoms with Crippen LogP contribution in [0.25, 0.3) is 0 Å². The largest absolute Gasteiger partial charge is 0.434 e. The Bertz CT molecular complexity index is 317. The average Bonchev–Trinajstić information content (AvgIpc) is 2.77. The van der Waals surface area contributed by atoms with Gasteiger partial charge in [-0.15, -0.1) is 11.3 Å². The number of hydrogen-bond donors (Lipinski definition) is 1. The van der Waals surface area contributed by atoms with E-state index in [4.69, 9.17) is 0 Å². The van der Waals surface area contributed by atoms with Crippen LogP contribution in [0.15, 0.2) is 5.38 Å². The molecule has 0 aromatic carbocycles. The Morgan fingerprint density at radius 1 is 1.50 bits per heavy atom. The van der Waals surface area contributed by atoms with Crippen molar-refractivity contribution in [3.8, 4) is 0 Å². The Morgan fingerprint density at radius 2 is 2.21 bits per heavy atom. The fraction of sp³-hybridized carbons (Fsp3) is 0.625. The zero-order valence-corrected chi connectivity index (χ0v) is 8.08. The highest BCUT2D eigenvalue weighted by Crippen LogP contribution is 2.33. The molecule has 0 atom stereocenters. The van der Waals surface area contributed by atoms with Crippen LogP contribution in [0.5, 0.6) is 0 Å². The molecular formula is C8H9F3N2S. The molecule has 0 saturated heterocycles. The van der Waals surface area contributed by atoms with Crippen molar-refractivity contribution in [2.24, 2.45) is 5.92 Å². The quantitative estimate of drug-likeness (QED) is 0.850. The smallest absolute Gasteiger partial charge is 0.361 e. The molecule has 1 saturated carbocycles. The first kappa shape index (κ1) is 9.76. The zero-order valence-electron chi connectivity index (χ0n) is 7.27. The number of rotatable bonds is 3. The summed E-state index contributed by atoms with van der Waals surface area (Å²) in [6.07, 6.45) is -1.98. The molecule has 1 aromatic heterocycles. The van der Waals surface area contributed by atoms with Gasteiger partial charge in [0, 0.05) is 11.9 Å². The molecule has 1 aliphatic carbocycles. The van der Waals surface area contributed by atoms with Gasteiger partial charge in [-0.05, 0) is 18.8 Å². The third-order valence-corrected chi connectivity index (χ3v) is 2.83. The Kier molecular flexibility index (Phi) is 2.38. The van der Waals surface area contributed by atoms with E-state index in [1.54, 1.807) is 0 Å². The Balaban J connectivity index is 1.94. The summed E-state index contributed by atoms with van der Waals surface area (Å²) in [7, 11) is 0. The number of halogens is 3. The van der Waals surface area contributed by atoms with Gasteiger partial charge < -0.3 is 5.32 Å². The van der Waals surface area contributed by atoms with Crippen LogP contribution < -0.4 is 5.32 Å². The fourth-order valence-electron chi connectivity index (χ4n) is 1.04. The second-order valence-corrected chi connectivity index (χ2v) is 4.22. The van der Waals surface area contributed by atoms with E-state index in [2.05, 4.69) is 10.3 Å².